The number of aromatic hydroxyl groups is 1. The van der Waals surface area contributed by atoms with E-state index in [1.807, 2.05) is 30.3 Å². The Labute approximate surface area is 260 Å². The number of benzene rings is 2. The van der Waals surface area contributed by atoms with Gasteiger partial charge in [-0.1, -0.05) is 35.4 Å². The van der Waals surface area contributed by atoms with Crippen molar-refractivity contribution >= 4 is 11.0 Å². The molecular formula is C30H40N6O9. The Morgan fingerprint density at radius 1 is 0.911 bits per heavy atom. The summed E-state index contributed by atoms with van der Waals surface area (Å²) in [5.41, 5.74) is 15.1. The molecule has 0 aliphatic rings. The molecule has 45 heavy (non-hydrogen) atoms. The molecule has 5 N–H and O–H groups in total. The Morgan fingerprint density at radius 3 is 2.13 bits per heavy atom. The predicted molar refractivity (Wildman–Crippen MR) is 166 cm³/mol. The average molecular weight is 629 g/mol. The van der Waals surface area contributed by atoms with Crippen LogP contribution in [0.3, 0.4) is 0 Å². The molecule has 15 nitrogen and oxygen atoms in total. The number of azide groups is 1. The van der Waals surface area contributed by atoms with Crippen LogP contribution >= 0.6 is 0 Å². The van der Waals surface area contributed by atoms with Crippen LogP contribution in [0.4, 0.5) is 0 Å². The number of fused-ring (bicyclic) bond motifs is 1. The summed E-state index contributed by atoms with van der Waals surface area (Å²) in [7, 11) is 0. The van der Waals surface area contributed by atoms with Crippen molar-refractivity contribution in [1.82, 2.24) is 5.01 Å². The molecule has 1 heterocycles. The van der Waals surface area contributed by atoms with Gasteiger partial charge in [0.15, 0.2) is 16.8 Å². The average Bonchev–Trinajstić information content (AvgIpc) is 3.04. The van der Waals surface area contributed by atoms with E-state index in [4.69, 9.17) is 49.9 Å². The van der Waals surface area contributed by atoms with Gasteiger partial charge < -0.3 is 48.7 Å². The number of hydrogen-bond acceptors (Lipinski definition) is 13. The second kappa shape index (κ2) is 20.6. The fourth-order valence-corrected chi connectivity index (χ4v) is 3.84. The van der Waals surface area contributed by atoms with Gasteiger partial charge in [0, 0.05) is 29.3 Å². The lowest BCUT2D eigenvalue weighted by Crippen LogP contribution is -2.31. The molecule has 0 amide bonds. The van der Waals surface area contributed by atoms with Gasteiger partial charge in [0.25, 0.3) is 0 Å². The fraction of sp³-hybridized carbons (Fsp3) is 0.433. The molecule has 0 aliphatic heterocycles. The summed E-state index contributed by atoms with van der Waals surface area (Å²) in [6.07, 6.45) is 1.49. The Kier molecular flexibility index (Phi) is 16.1. The van der Waals surface area contributed by atoms with Gasteiger partial charge in [0.1, 0.15) is 12.4 Å². The zero-order valence-corrected chi connectivity index (χ0v) is 25.0. The van der Waals surface area contributed by atoms with Crippen LogP contribution in [0.5, 0.6) is 11.5 Å². The van der Waals surface area contributed by atoms with Gasteiger partial charge in [0.05, 0.1) is 83.7 Å². The topological polar surface area (TPSA) is 210 Å². The highest BCUT2D eigenvalue weighted by atomic mass is 16.6. The molecule has 0 radical (unpaired) electrons. The first-order chi connectivity index (χ1) is 22.0. The first-order valence-corrected chi connectivity index (χ1v) is 14.3. The van der Waals surface area contributed by atoms with E-state index in [2.05, 4.69) is 10.0 Å². The van der Waals surface area contributed by atoms with Crippen LogP contribution in [-0.2, 0) is 23.7 Å². The minimum Gasteiger partial charge on any atom is -0.504 e. The molecule has 0 bridgehead atoms. The van der Waals surface area contributed by atoms with Crippen molar-refractivity contribution in [3.8, 4) is 22.8 Å². The third-order valence-corrected chi connectivity index (χ3v) is 5.98. The van der Waals surface area contributed by atoms with Gasteiger partial charge >= 0.3 is 0 Å². The second-order valence-corrected chi connectivity index (χ2v) is 9.38. The van der Waals surface area contributed by atoms with Crippen LogP contribution in [0.1, 0.15) is 0 Å². The summed E-state index contributed by atoms with van der Waals surface area (Å²) < 4.78 is 38.7. The quantitative estimate of drug-likeness (QED) is 0.0346. The van der Waals surface area contributed by atoms with E-state index < -0.39 is 0 Å². The number of nitrogens with two attached hydrogens (primary N) is 2. The summed E-state index contributed by atoms with van der Waals surface area (Å²) in [5, 5.41) is 15.4. The van der Waals surface area contributed by atoms with Crippen LogP contribution in [0.2, 0.25) is 0 Å². The maximum atomic E-state index is 12.7. The maximum Gasteiger partial charge on any atom is 0.205 e. The van der Waals surface area contributed by atoms with Gasteiger partial charge in [-0.25, -0.2) is 5.84 Å². The third kappa shape index (κ3) is 13.0. The second-order valence-electron chi connectivity index (χ2n) is 9.38. The smallest absolute Gasteiger partial charge is 0.205 e. The summed E-state index contributed by atoms with van der Waals surface area (Å²) in [6, 6.07) is 13.4. The standard InChI is InChI=1S/C30H40N6O9/c31-24(21-36(33)9-11-40-13-15-42-17-19-43-18-16-41-14-12-39-10-8-34-35-32)22-44-30-26(37)7-6-25-27(38)20-28(45-29(25)30)23-4-2-1-3-5-23/h1-7,20-21,37H,8-19,22,31,33H2/b24-21-. The third-order valence-electron chi connectivity index (χ3n) is 5.98. The van der Waals surface area contributed by atoms with E-state index in [0.717, 1.165) is 0 Å². The zero-order valence-electron chi connectivity index (χ0n) is 25.0. The summed E-state index contributed by atoms with van der Waals surface area (Å²) >= 11 is 0. The Bertz CT molecular complexity index is 1430. The van der Waals surface area contributed by atoms with E-state index in [9.17, 15) is 9.90 Å². The number of hydrazine groups is 1. The van der Waals surface area contributed by atoms with Crippen molar-refractivity contribution < 1.29 is 37.9 Å². The van der Waals surface area contributed by atoms with E-state index >= 15 is 0 Å². The Morgan fingerprint density at radius 2 is 1.51 bits per heavy atom. The number of ether oxygens (including phenoxy) is 6. The van der Waals surface area contributed by atoms with Crippen molar-refractivity contribution in [2.75, 3.05) is 85.8 Å². The highest BCUT2D eigenvalue weighted by Crippen LogP contribution is 2.35. The van der Waals surface area contributed by atoms with Crippen molar-refractivity contribution in [2.45, 2.75) is 0 Å². The first kappa shape index (κ1) is 35.1. The number of nitrogens with zero attached hydrogens (tertiary/aromatic N) is 4. The molecule has 3 rings (SSSR count). The molecule has 0 spiro atoms. The SMILES string of the molecule is [N-]=[N+]=NCCOCCOCCOCCOCCOCCN(N)/C=C(\N)COc1c(O)ccc2c(=O)cc(-c3ccccc3)oc12. The molecular weight excluding hydrogens is 588 g/mol. The molecule has 0 atom stereocenters. The lowest BCUT2D eigenvalue weighted by atomic mass is 10.1. The van der Waals surface area contributed by atoms with Gasteiger partial charge in [0.2, 0.25) is 5.75 Å². The van der Waals surface area contributed by atoms with Gasteiger partial charge in [-0.2, -0.15) is 0 Å². The minimum atomic E-state index is -0.267. The van der Waals surface area contributed by atoms with Gasteiger partial charge in [-0.3, -0.25) is 4.79 Å². The largest absolute Gasteiger partial charge is 0.504 e. The molecule has 2 aromatic carbocycles. The fourth-order valence-electron chi connectivity index (χ4n) is 3.84. The van der Waals surface area contributed by atoms with Crippen LogP contribution in [0.15, 0.2) is 74.8 Å². The summed E-state index contributed by atoms with van der Waals surface area (Å²) in [6.45, 7) is 4.68. The van der Waals surface area contributed by atoms with Crippen molar-refractivity contribution in [2.24, 2.45) is 16.7 Å². The van der Waals surface area contributed by atoms with E-state index in [1.165, 1.54) is 29.4 Å². The molecule has 15 heteroatoms. The van der Waals surface area contributed by atoms with Crippen LogP contribution < -0.4 is 21.7 Å². The molecule has 244 valence electrons. The Hall–Kier alpha value is -4.34. The lowest BCUT2D eigenvalue weighted by Gasteiger charge is -2.16. The van der Waals surface area contributed by atoms with E-state index in [1.54, 1.807) is 0 Å². The Balaban J connectivity index is 1.28. The number of phenolic OH excluding ortho intramolecular Hbond substituents is 1. The van der Waals surface area contributed by atoms with Crippen LogP contribution in [-0.4, -0.2) is 95.9 Å². The van der Waals surface area contributed by atoms with Crippen molar-refractivity contribution in [1.29, 1.82) is 0 Å². The predicted octanol–water partition coefficient (Wildman–Crippen LogP) is 2.91. The molecule has 0 saturated carbocycles. The van der Waals surface area contributed by atoms with Crippen LogP contribution in [0.25, 0.3) is 32.7 Å². The number of phenols is 1. The van der Waals surface area contributed by atoms with Gasteiger partial charge in [-0.05, 0) is 17.7 Å². The molecule has 0 saturated heterocycles. The molecule has 0 fully saturated rings. The molecule has 0 unspecified atom stereocenters. The summed E-state index contributed by atoms with van der Waals surface area (Å²) in [5.74, 6) is 6.15. The number of rotatable bonds is 23. The number of hydrogen-bond donors (Lipinski definition) is 3. The molecule has 0 aliphatic carbocycles. The molecule has 1 aromatic heterocycles. The normalized spacial score (nSPS) is 11.4. The highest BCUT2D eigenvalue weighted by Gasteiger charge is 2.16. The van der Waals surface area contributed by atoms with Gasteiger partial charge in [-0.15, -0.1) is 0 Å². The lowest BCUT2D eigenvalue weighted by molar-refractivity contribution is -0.0112. The van der Waals surface area contributed by atoms with E-state index in [-0.39, 0.29) is 40.2 Å². The monoisotopic (exact) mass is 628 g/mol. The zero-order chi connectivity index (χ0) is 32.1. The van der Waals surface area contributed by atoms with Crippen molar-refractivity contribution in [3.63, 3.8) is 0 Å². The first-order valence-electron chi connectivity index (χ1n) is 14.3. The van der Waals surface area contributed by atoms with Crippen molar-refractivity contribution in [3.05, 3.63) is 81.1 Å². The highest BCUT2D eigenvalue weighted by molar-refractivity contribution is 5.86. The summed E-state index contributed by atoms with van der Waals surface area (Å²) in [4.78, 5) is 15.4. The molecule has 3 aromatic rings. The van der Waals surface area contributed by atoms with Crippen LogP contribution in [0, 0.1) is 0 Å². The van der Waals surface area contributed by atoms with E-state index in [0.29, 0.717) is 90.5 Å². The minimum absolute atomic E-state index is 0.00572. The maximum absolute atomic E-state index is 12.7.